The minimum absolute atomic E-state index is 0. The van der Waals surface area contributed by atoms with Gasteiger partial charge >= 0.3 is 0 Å². The van der Waals surface area contributed by atoms with Gasteiger partial charge in [-0.05, 0) is 49.4 Å². The molecule has 0 spiro atoms. The first-order valence-electron chi connectivity index (χ1n) is 9.52. The maximum Gasteiger partial charge on any atom is 0.0596 e. The van der Waals surface area contributed by atoms with Crippen LogP contribution in [-0.2, 0) is 0 Å². The lowest BCUT2D eigenvalue weighted by atomic mass is 10.1. The molecule has 0 bridgehead atoms. The SMILES string of the molecule is CC(C)CC[P+](CCC(C)C)(CCC(C)C)CCC(C)C.[Br-]. The van der Waals surface area contributed by atoms with Gasteiger partial charge in [0.1, 0.15) is 0 Å². The van der Waals surface area contributed by atoms with Crippen molar-refractivity contribution in [1.29, 1.82) is 0 Å². The molecule has 0 N–H and O–H groups in total. The number of hydrogen-bond acceptors (Lipinski definition) is 0. The van der Waals surface area contributed by atoms with Crippen LogP contribution in [0.1, 0.15) is 81.1 Å². The molecule has 0 aromatic carbocycles. The molecule has 22 heavy (non-hydrogen) atoms. The summed E-state index contributed by atoms with van der Waals surface area (Å²) in [7, 11) is -0.712. The molecule has 0 amide bonds. The van der Waals surface area contributed by atoms with Crippen molar-refractivity contribution in [2.75, 3.05) is 24.6 Å². The van der Waals surface area contributed by atoms with Gasteiger partial charge in [-0.15, -0.1) is 0 Å². The Morgan fingerprint density at radius 3 is 0.773 bits per heavy atom. The van der Waals surface area contributed by atoms with Crippen molar-refractivity contribution in [3.63, 3.8) is 0 Å². The van der Waals surface area contributed by atoms with Gasteiger partial charge in [0, 0.05) is 7.26 Å². The molecule has 0 aromatic heterocycles. The molecule has 0 atom stereocenters. The maximum absolute atomic E-state index is 2.40. The van der Waals surface area contributed by atoms with Gasteiger partial charge in [-0.1, -0.05) is 55.4 Å². The molecule has 0 saturated heterocycles. The Kier molecular flexibility index (Phi) is 15.1. The van der Waals surface area contributed by atoms with Gasteiger partial charge in [0.2, 0.25) is 0 Å². The fourth-order valence-electron chi connectivity index (χ4n) is 2.80. The molecule has 0 aliphatic heterocycles. The van der Waals surface area contributed by atoms with Crippen molar-refractivity contribution in [3.8, 4) is 0 Å². The van der Waals surface area contributed by atoms with E-state index in [2.05, 4.69) is 55.4 Å². The Morgan fingerprint density at radius 2 is 0.636 bits per heavy atom. The number of rotatable bonds is 12. The molecule has 0 fully saturated rings. The first-order chi connectivity index (χ1) is 9.67. The van der Waals surface area contributed by atoms with E-state index in [0.717, 1.165) is 23.7 Å². The Hall–Kier alpha value is 0.910. The van der Waals surface area contributed by atoms with Gasteiger partial charge in [-0.3, -0.25) is 0 Å². The third-order valence-electron chi connectivity index (χ3n) is 4.72. The van der Waals surface area contributed by atoms with E-state index in [9.17, 15) is 0 Å². The van der Waals surface area contributed by atoms with Gasteiger partial charge in [-0.25, -0.2) is 0 Å². The van der Waals surface area contributed by atoms with Crippen LogP contribution in [-0.4, -0.2) is 24.6 Å². The Balaban J connectivity index is 0. The largest absolute Gasteiger partial charge is 1.00 e. The highest BCUT2D eigenvalue weighted by Gasteiger charge is 2.36. The minimum atomic E-state index is -0.712. The van der Waals surface area contributed by atoms with Crippen molar-refractivity contribution in [2.24, 2.45) is 23.7 Å². The monoisotopic (exact) mass is 394 g/mol. The summed E-state index contributed by atoms with van der Waals surface area (Å²) in [5.41, 5.74) is 0. The highest BCUT2D eigenvalue weighted by atomic mass is 79.9. The molecule has 0 radical (unpaired) electrons. The average Bonchev–Trinajstić information content (AvgIpc) is 2.36. The van der Waals surface area contributed by atoms with Crippen LogP contribution in [0.5, 0.6) is 0 Å². The van der Waals surface area contributed by atoms with Crippen LogP contribution in [0, 0.1) is 23.7 Å². The third kappa shape index (κ3) is 13.4. The average molecular weight is 395 g/mol. The van der Waals surface area contributed by atoms with Gasteiger partial charge in [0.05, 0.1) is 24.6 Å². The normalized spacial score (nSPS) is 12.5. The Morgan fingerprint density at radius 1 is 0.455 bits per heavy atom. The lowest BCUT2D eigenvalue weighted by Gasteiger charge is -2.30. The van der Waals surface area contributed by atoms with E-state index in [-0.39, 0.29) is 17.0 Å². The van der Waals surface area contributed by atoms with E-state index < -0.39 is 7.26 Å². The molecule has 0 aliphatic carbocycles. The fourth-order valence-corrected chi connectivity index (χ4v) is 8.40. The van der Waals surface area contributed by atoms with Gasteiger partial charge in [-0.2, -0.15) is 0 Å². The molecule has 0 nitrogen and oxygen atoms in total. The molecular weight excluding hydrogens is 351 g/mol. The van der Waals surface area contributed by atoms with Crippen LogP contribution in [0.2, 0.25) is 0 Å². The second-order valence-corrected chi connectivity index (χ2v) is 13.4. The smallest absolute Gasteiger partial charge is 0.0596 e. The molecule has 0 unspecified atom stereocenters. The predicted octanol–water partition coefficient (Wildman–Crippen LogP) is 4.19. The number of halogens is 1. The summed E-state index contributed by atoms with van der Waals surface area (Å²) in [6.45, 7) is 19.2. The van der Waals surface area contributed by atoms with Crippen molar-refractivity contribution >= 4 is 7.26 Å². The van der Waals surface area contributed by atoms with Crippen LogP contribution >= 0.6 is 7.26 Å². The summed E-state index contributed by atoms with van der Waals surface area (Å²) < 4.78 is 0. The molecule has 0 heterocycles. The third-order valence-corrected chi connectivity index (χ3v) is 9.55. The van der Waals surface area contributed by atoms with Crippen molar-refractivity contribution in [1.82, 2.24) is 0 Å². The highest BCUT2D eigenvalue weighted by Crippen LogP contribution is 2.62. The second kappa shape index (κ2) is 13.2. The summed E-state index contributed by atoms with van der Waals surface area (Å²) >= 11 is 0. The number of hydrogen-bond donors (Lipinski definition) is 0. The topological polar surface area (TPSA) is 0 Å². The molecule has 0 saturated carbocycles. The highest BCUT2D eigenvalue weighted by molar-refractivity contribution is 7.75. The minimum Gasteiger partial charge on any atom is -1.00 e. The first-order valence-corrected chi connectivity index (χ1v) is 12.0. The first kappa shape index (κ1) is 25.2. The standard InChI is InChI=1S/C20H44P.BrH/c1-17(2)9-13-21(14-10-18(3)4,15-11-19(5)6)16-12-20(7)8;/h17-20H,9-16H2,1-8H3;1H/q+1;/p-1. The molecule has 136 valence electrons. The van der Waals surface area contributed by atoms with Crippen LogP contribution < -0.4 is 17.0 Å². The summed E-state index contributed by atoms with van der Waals surface area (Å²) in [5.74, 6) is 3.51. The quantitative estimate of drug-likeness (QED) is 0.435. The van der Waals surface area contributed by atoms with Gasteiger partial charge < -0.3 is 17.0 Å². The maximum atomic E-state index is 2.40. The summed E-state index contributed by atoms with van der Waals surface area (Å²) in [6.07, 6.45) is 12.1. The van der Waals surface area contributed by atoms with E-state index in [1.54, 1.807) is 24.6 Å². The van der Waals surface area contributed by atoms with Gasteiger partial charge in [0.25, 0.3) is 0 Å². The predicted molar refractivity (Wildman–Crippen MR) is 104 cm³/mol. The zero-order valence-electron chi connectivity index (χ0n) is 16.8. The summed E-state index contributed by atoms with van der Waals surface area (Å²) in [6, 6.07) is 0. The molecule has 0 aromatic rings. The Bertz CT molecular complexity index is 193. The second-order valence-electron chi connectivity index (χ2n) is 8.97. The van der Waals surface area contributed by atoms with Crippen LogP contribution in [0.15, 0.2) is 0 Å². The van der Waals surface area contributed by atoms with Gasteiger partial charge in [0.15, 0.2) is 0 Å². The van der Waals surface area contributed by atoms with Crippen molar-refractivity contribution in [2.45, 2.75) is 81.1 Å². The van der Waals surface area contributed by atoms with E-state index in [4.69, 9.17) is 0 Å². The summed E-state index contributed by atoms with van der Waals surface area (Å²) in [5, 5.41) is 0. The van der Waals surface area contributed by atoms with Crippen LogP contribution in [0.4, 0.5) is 0 Å². The summed E-state index contributed by atoms with van der Waals surface area (Å²) in [4.78, 5) is 0. The van der Waals surface area contributed by atoms with E-state index >= 15 is 0 Å². The Labute approximate surface area is 153 Å². The van der Waals surface area contributed by atoms with Crippen molar-refractivity contribution in [3.05, 3.63) is 0 Å². The molecule has 2 heteroatoms. The lowest BCUT2D eigenvalue weighted by molar-refractivity contribution is -0.00000541. The molecular formula is C20H44BrP. The zero-order chi connectivity index (χ0) is 16.5. The van der Waals surface area contributed by atoms with Crippen LogP contribution in [0.3, 0.4) is 0 Å². The van der Waals surface area contributed by atoms with Crippen LogP contribution in [0.25, 0.3) is 0 Å². The fraction of sp³-hybridized carbons (Fsp3) is 1.00. The van der Waals surface area contributed by atoms with Crippen molar-refractivity contribution < 1.29 is 17.0 Å². The lowest BCUT2D eigenvalue weighted by Crippen LogP contribution is -3.00. The van der Waals surface area contributed by atoms with E-state index in [1.807, 2.05) is 0 Å². The van der Waals surface area contributed by atoms with E-state index in [0.29, 0.717) is 0 Å². The molecule has 0 rings (SSSR count). The zero-order valence-corrected chi connectivity index (χ0v) is 19.3. The molecule has 0 aliphatic rings. The van der Waals surface area contributed by atoms with E-state index in [1.165, 1.54) is 25.7 Å².